The highest BCUT2D eigenvalue weighted by molar-refractivity contribution is 5.67. The third-order valence-corrected chi connectivity index (χ3v) is 3.07. The van der Waals surface area contributed by atoms with Gasteiger partial charge in [-0.1, -0.05) is 48.2 Å². The Kier molecular flexibility index (Phi) is 6.37. The Bertz CT molecular complexity index is 802. The highest BCUT2D eigenvalue weighted by Crippen LogP contribution is 2.09. The van der Waals surface area contributed by atoms with Gasteiger partial charge in [-0.3, -0.25) is 0 Å². The standard InChI is InChI=1S/C19H15FN2O2/c20-18-9-8-15(10-11-21)13-17(18)7-4-12-22-19(23)24-14-16-5-2-1-3-6-16/h1-3,5-6,8-9,13H,10,12,14H2,(H,22,23). The fourth-order valence-electron chi connectivity index (χ4n) is 1.90. The predicted molar refractivity (Wildman–Crippen MR) is 87.2 cm³/mol. The summed E-state index contributed by atoms with van der Waals surface area (Å²) in [5.74, 6) is 4.83. The first kappa shape index (κ1) is 17.1. The molecule has 120 valence electrons. The summed E-state index contributed by atoms with van der Waals surface area (Å²) in [6, 6.07) is 15.6. The number of nitrogens with zero attached hydrogens (tertiary/aromatic N) is 1. The Balaban J connectivity index is 1.82. The molecule has 2 aromatic rings. The van der Waals surface area contributed by atoms with Gasteiger partial charge in [0, 0.05) is 0 Å². The minimum Gasteiger partial charge on any atom is -0.445 e. The van der Waals surface area contributed by atoms with Crippen LogP contribution in [0.3, 0.4) is 0 Å². The van der Waals surface area contributed by atoms with Crippen molar-refractivity contribution in [2.45, 2.75) is 13.0 Å². The second-order valence-corrected chi connectivity index (χ2v) is 4.87. The molecular weight excluding hydrogens is 307 g/mol. The summed E-state index contributed by atoms with van der Waals surface area (Å²) in [6.07, 6.45) is -0.397. The first-order valence-electron chi connectivity index (χ1n) is 7.28. The zero-order valence-corrected chi connectivity index (χ0v) is 12.9. The molecule has 0 bridgehead atoms. The maximum absolute atomic E-state index is 13.6. The zero-order chi connectivity index (χ0) is 17.2. The van der Waals surface area contributed by atoms with E-state index in [1.165, 1.54) is 12.1 Å². The van der Waals surface area contributed by atoms with E-state index >= 15 is 0 Å². The second-order valence-electron chi connectivity index (χ2n) is 4.87. The number of nitriles is 1. The van der Waals surface area contributed by atoms with Crippen molar-refractivity contribution in [1.82, 2.24) is 5.32 Å². The van der Waals surface area contributed by atoms with Crippen molar-refractivity contribution >= 4 is 6.09 Å². The van der Waals surface area contributed by atoms with E-state index < -0.39 is 11.9 Å². The number of hydrogen-bond acceptors (Lipinski definition) is 3. The van der Waals surface area contributed by atoms with Crippen molar-refractivity contribution in [3.63, 3.8) is 0 Å². The molecule has 1 N–H and O–H groups in total. The lowest BCUT2D eigenvalue weighted by Gasteiger charge is -2.04. The first-order valence-corrected chi connectivity index (χ1v) is 7.28. The van der Waals surface area contributed by atoms with Crippen LogP contribution in [0.1, 0.15) is 16.7 Å². The number of carbonyl (C=O) groups is 1. The topological polar surface area (TPSA) is 62.1 Å². The number of amides is 1. The van der Waals surface area contributed by atoms with Gasteiger partial charge < -0.3 is 10.1 Å². The third kappa shape index (κ3) is 5.47. The Morgan fingerprint density at radius 1 is 1.17 bits per heavy atom. The van der Waals surface area contributed by atoms with Gasteiger partial charge in [0.15, 0.2) is 0 Å². The molecule has 0 unspecified atom stereocenters. The van der Waals surface area contributed by atoms with Gasteiger partial charge in [0.1, 0.15) is 12.4 Å². The fourth-order valence-corrected chi connectivity index (χ4v) is 1.90. The lowest BCUT2D eigenvalue weighted by molar-refractivity contribution is 0.141. The molecule has 0 heterocycles. The van der Waals surface area contributed by atoms with E-state index in [1.807, 2.05) is 36.4 Å². The van der Waals surface area contributed by atoms with Crippen LogP contribution in [-0.4, -0.2) is 12.6 Å². The van der Waals surface area contributed by atoms with E-state index in [4.69, 9.17) is 10.00 Å². The Hall–Kier alpha value is -3.31. The Morgan fingerprint density at radius 3 is 2.71 bits per heavy atom. The number of rotatable bonds is 4. The van der Waals surface area contributed by atoms with Gasteiger partial charge in [-0.25, -0.2) is 9.18 Å². The number of nitrogens with one attached hydrogen (secondary N) is 1. The van der Waals surface area contributed by atoms with Crippen molar-refractivity contribution in [1.29, 1.82) is 5.26 Å². The lowest BCUT2D eigenvalue weighted by atomic mass is 10.1. The average molecular weight is 322 g/mol. The molecule has 4 nitrogen and oxygen atoms in total. The maximum atomic E-state index is 13.6. The number of hydrogen-bond donors (Lipinski definition) is 1. The summed E-state index contributed by atoms with van der Waals surface area (Å²) >= 11 is 0. The average Bonchev–Trinajstić information content (AvgIpc) is 2.60. The number of carbonyl (C=O) groups excluding carboxylic acids is 1. The fraction of sp³-hybridized carbons (Fsp3) is 0.158. The monoisotopic (exact) mass is 322 g/mol. The molecular formula is C19H15FN2O2. The van der Waals surface area contributed by atoms with E-state index in [2.05, 4.69) is 17.2 Å². The maximum Gasteiger partial charge on any atom is 0.408 e. The van der Waals surface area contributed by atoms with E-state index in [-0.39, 0.29) is 25.1 Å². The molecule has 1 amide bonds. The van der Waals surface area contributed by atoms with Crippen LogP contribution in [0.5, 0.6) is 0 Å². The van der Waals surface area contributed by atoms with Crippen molar-refractivity contribution in [3.05, 3.63) is 71.0 Å². The highest BCUT2D eigenvalue weighted by Gasteiger charge is 2.02. The third-order valence-electron chi connectivity index (χ3n) is 3.07. The van der Waals surface area contributed by atoms with Crippen LogP contribution in [0.4, 0.5) is 9.18 Å². The largest absolute Gasteiger partial charge is 0.445 e. The number of ether oxygens (including phenoxy) is 1. The minimum absolute atomic E-state index is 0.0372. The normalized spacial score (nSPS) is 9.33. The molecule has 0 saturated heterocycles. The van der Waals surface area contributed by atoms with Crippen LogP contribution in [-0.2, 0) is 17.8 Å². The first-order chi connectivity index (χ1) is 11.7. The van der Waals surface area contributed by atoms with Crippen molar-refractivity contribution in [2.75, 3.05) is 6.54 Å². The molecule has 0 atom stereocenters. The van der Waals surface area contributed by atoms with Gasteiger partial charge in [-0.2, -0.15) is 5.26 Å². The van der Waals surface area contributed by atoms with Crippen molar-refractivity contribution < 1.29 is 13.9 Å². The summed E-state index contributed by atoms with van der Waals surface area (Å²) in [5, 5.41) is 11.1. The summed E-state index contributed by atoms with van der Waals surface area (Å²) in [6.45, 7) is 0.209. The van der Waals surface area contributed by atoms with Crippen LogP contribution in [0.25, 0.3) is 0 Å². The van der Waals surface area contributed by atoms with Crippen LogP contribution in [0, 0.1) is 29.0 Å². The van der Waals surface area contributed by atoms with Crippen LogP contribution in [0.15, 0.2) is 48.5 Å². The smallest absolute Gasteiger partial charge is 0.408 e. The molecule has 2 aromatic carbocycles. The second kappa shape index (κ2) is 8.97. The van der Waals surface area contributed by atoms with E-state index in [0.717, 1.165) is 5.56 Å². The molecule has 0 radical (unpaired) electrons. The zero-order valence-electron chi connectivity index (χ0n) is 12.9. The molecule has 0 aliphatic carbocycles. The molecule has 0 fully saturated rings. The Morgan fingerprint density at radius 2 is 1.96 bits per heavy atom. The number of halogens is 1. The Labute approximate surface area is 139 Å². The number of benzene rings is 2. The van der Waals surface area contributed by atoms with Crippen molar-refractivity contribution in [3.8, 4) is 17.9 Å². The van der Waals surface area contributed by atoms with E-state index in [9.17, 15) is 9.18 Å². The molecule has 24 heavy (non-hydrogen) atoms. The molecule has 0 aromatic heterocycles. The van der Waals surface area contributed by atoms with Gasteiger partial charge in [0.25, 0.3) is 0 Å². The minimum atomic E-state index is -0.591. The summed E-state index contributed by atoms with van der Waals surface area (Å²) in [7, 11) is 0. The van der Waals surface area contributed by atoms with Crippen LogP contribution in [0.2, 0.25) is 0 Å². The van der Waals surface area contributed by atoms with Gasteiger partial charge >= 0.3 is 6.09 Å². The quantitative estimate of drug-likeness (QED) is 0.880. The van der Waals surface area contributed by atoms with Gasteiger partial charge in [0.05, 0.1) is 24.6 Å². The SMILES string of the molecule is N#CCc1ccc(F)c(C#CCNC(=O)OCc2ccccc2)c1. The van der Waals surface area contributed by atoms with Gasteiger partial charge in [-0.15, -0.1) is 0 Å². The van der Waals surface area contributed by atoms with E-state index in [0.29, 0.717) is 5.56 Å². The van der Waals surface area contributed by atoms with Crippen molar-refractivity contribution in [2.24, 2.45) is 0 Å². The molecule has 0 saturated carbocycles. The van der Waals surface area contributed by atoms with Crippen LogP contribution < -0.4 is 5.32 Å². The van der Waals surface area contributed by atoms with Gasteiger partial charge in [0.2, 0.25) is 0 Å². The molecule has 0 aliphatic heterocycles. The van der Waals surface area contributed by atoms with E-state index in [1.54, 1.807) is 6.07 Å². The summed E-state index contributed by atoms with van der Waals surface area (Å²) in [5.41, 5.74) is 1.77. The molecule has 0 spiro atoms. The van der Waals surface area contributed by atoms with Gasteiger partial charge in [-0.05, 0) is 23.3 Å². The predicted octanol–water partition coefficient (Wildman–Crippen LogP) is 3.17. The highest BCUT2D eigenvalue weighted by atomic mass is 19.1. The molecule has 2 rings (SSSR count). The summed E-state index contributed by atoms with van der Waals surface area (Å²) in [4.78, 5) is 11.5. The van der Waals surface area contributed by atoms with Crippen LogP contribution >= 0.6 is 0 Å². The number of alkyl carbamates (subject to hydrolysis) is 1. The molecule has 5 heteroatoms. The molecule has 0 aliphatic rings. The lowest BCUT2D eigenvalue weighted by Crippen LogP contribution is -2.24. The summed E-state index contributed by atoms with van der Waals surface area (Å²) < 4.78 is 18.6.